The summed E-state index contributed by atoms with van der Waals surface area (Å²) in [6.07, 6.45) is 33.1. The number of unbranched alkanes of at least 4 members (excludes halogenated alkanes) is 21. The highest BCUT2D eigenvalue weighted by Gasteiger charge is 2.12. The third-order valence-electron chi connectivity index (χ3n) is 7.32. The molecule has 0 saturated heterocycles. The van der Waals surface area contributed by atoms with Gasteiger partial charge in [0.2, 0.25) is 0 Å². The molecule has 0 aliphatic heterocycles. The van der Waals surface area contributed by atoms with Crippen molar-refractivity contribution in [1.82, 2.24) is 5.48 Å². The largest absolute Gasteiger partial charge is 0.376 e. The van der Waals surface area contributed by atoms with E-state index in [-0.39, 0.29) is 12.0 Å². The van der Waals surface area contributed by atoms with Crippen LogP contribution in [0.5, 0.6) is 0 Å². The van der Waals surface area contributed by atoms with Crippen molar-refractivity contribution in [2.75, 3.05) is 0 Å². The van der Waals surface area contributed by atoms with Crippen molar-refractivity contribution in [3.05, 3.63) is 0 Å². The van der Waals surface area contributed by atoms with Crippen LogP contribution >= 0.6 is 0 Å². The summed E-state index contributed by atoms with van der Waals surface area (Å²) >= 11 is 0. The highest BCUT2D eigenvalue weighted by atomic mass is 16.7. The molecule has 0 aliphatic carbocycles. The van der Waals surface area contributed by atoms with E-state index in [1.54, 1.807) is 0 Å². The van der Waals surface area contributed by atoms with Crippen LogP contribution in [0.4, 0.5) is 0 Å². The van der Waals surface area contributed by atoms with E-state index in [1.807, 2.05) is 13.8 Å². The molecular weight excluding hydrogens is 418 g/mol. The Bertz CT molecular complexity index is 374. The van der Waals surface area contributed by atoms with E-state index in [9.17, 15) is 5.11 Å². The van der Waals surface area contributed by atoms with Gasteiger partial charge in [0.15, 0.2) is 0 Å². The Morgan fingerprint density at radius 3 is 1.15 bits per heavy atom. The molecule has 0 aromatic heterocycles. The Labute approximate surface area is 215 Å². The predicted octanol–water partition coefficient (Wildman–Crippen LogP) is 10.3. The van der Waals surface area contributed by atoms with Crippen molar-refractivity contribution in [2.24, 2.45) is 5.92 Å². The zero-order valence-corrected chi connectivity index (χ0v) is 24.1. The molecule has 0 fully saturated rings. The highest BCUT2D eigenvalue weighted by molar-refractivity contribution is 4.58. The molecule has 0 saturated carbocycles. The minimum atomic E-state index is -0.571. The summed E-state index contributed by atoms with van der Waals surface area (Å²) in [5.74, 6) is 0.173. The van der Waals surface area contributed by atoms with Crippen LogP contribution in [-0.2, 0) is 4.84 Å². The lowest BCUT2D eigenvalue weighted by molar-refractivity contribution is -0.113. The third kappa shape index (κ3) is 25.0. The van der Waals surface area contributed by atoms with E-state index in [0.717, 1.165) is 12.8 Å². The van der Waals surface area contributed by atoms with E-state index < -0.39 is 6.23 Å². The van der Waals surface area contributed by atoms with Crippen LogP contribution in [0.2, 0.25) is 0 Å². The Morgan fingerprint density at radius 2 is 0.853 bits per heavy atom. The van der Waals surface area contributed by atoms with Crippen molar-refractivity contribution in [3.8, 4) is 0 Å². The van der Waals surface area contributed by atoms with Crippen molar-refractivity contribution in [3.63, 3.8) is 0 Å². The maximum absolute atomic E-state index is 9.79. The molecule has 0 spiro atoms. The number of hydrogen-bond donors (Lipinski definition) is 2. The van der Waals surface area contributed by atoms with Gasteiger partial charge in [-0.2, -0.15) is 5.48 Å². The molecule has 2 unspecified atom stereocenters. The van der Waals surface area contributed by atoms with Crippen LogP contribution in [0.1, 0.15) is 182 Å². The maximum atomic E-state index is 9.79. The third-order valence-corrected chi connectivity index (χ3v) is 7.32. The monoisotopic (exact) mass is 484 g/mol. The molecule has 2 N–H and O–H groups in total. The van der Waals surface area contributed by atoms with Crippen LogP contribution < -0.4 is 5.48 Å². The summed E-state index contributed by atoms with van der Waals surface area (Å²) in [6.45, 7) is 8.43. The Balaban J connectivity index is 3.21. The second-order valence-corrected chi connectivity index (χ2v) is 11.2. The van der Waals surface area contributed by atoms with Crippen LogP contribution in [0, 0.1) is 5.92 Å². The van der Waals surface area contributed by atoms with Crippen molar-refractivity contribution < 1.29 is 9.94 Å². The summed E-state index contributed by atoms with van der Waals surface area (Å²) in [5, 5.41) is 9.79. The second kappa shape index (κ2) is 27.5. The van der Waals surface area contributed by atoms with E-state index in [0.29, 0.717) is 0 Å². The molecule has 206 valence electrons. The van der Waals surface area contributed by atoms with E-state index >= 15 is 0 Å². The van der Waals surface area contributed by atoms with Gasteiger partial charge in [0.1, 0.15) is 6.23 Å². The number of hydroxylamine groups is 1. The second-order valence-electron chi connectivity index (χ2n) is 11.2. The quantitative estimate of drug-likeness (QED) is 0.0660. The van der Waals surface area contributed by atoms with Gasteiger partial charge in [-0.25, -0.2) is 0 Å². The topological polar surface area (TPSA) is 41.5 Å². The average Bonchev–Trinajstić information content (AvgIpc) is 2.83. The van der Waals surface area contributed by atoms with Gasteiger partial charge in [0, 0.05) is 0 Å². The summed E-state index contributed by atoms with van der Waals surface area (Å²) in [6, 6.07) is 0. The molecule has 0 radical (unpaired) electrons. The SMILES string of the molecule is CCCCCCCCCCCCCCCCCCCCCCCCC(CC)ONC(O)C(C)C. The van der Waals surface area contributed by atoms with Gasteiger partial charge in [0.05, 0.1) is 6.10 Å². The molecule has 3 heteroatoms. The van der Waals surface area contributed by atoms with Gasteiger partial charge >= 0.3 is 0 Å². The van der Waals surface area contributed by atoms with Gasteiger partial charge in [-0.05, 0) is 18.8 Å². The first-order chi connectivity index (χ1) is 16.6. The average molecular weight is 484 g/mol. The van der Waals surface area contributed by atoms with E-state index in [2.05, 4.69) is 19.3 Å². The molecule has 0 aliphatic rings. The Kier molecular flexibility index (Phi) is 27.4. The number of rotatable bonds is 28. The normalized spacial score (nSPS) is 13.6. The Morgan fingerprint density at radius 1 is 0.529 bits per heavy atom. The zero-order valence-electron chi connectivity index (χ0n) is 24.1. The van der Waals surface area contributed by atoms with Crippen LogP contribution in [0.3, 0.4) is 0 Å². The first-order valence-electron chi connectivity index (χ1n) is 15.7. The van der Waals surface area contributed by atoms with Crippen LogP contribution in [-0.4, -0.2) is 17.4 Å². The molecular formula is C31H65NO2. The minimum absolute atomic E-state index is 0.173. The van der Waals surface area contributed by atoms with E-state index in [4.69, 9.17) is 4.84 Å². The van der Waals surface area contributed by atoms with Crippen molar-refractivity contribution >= 4 is 0 Å². The standard InChI is InChI=1S/C31H65NO2/c1-5-7-8-9-10-11-12-13-14-15-16-17-18-19-20-21-22-23-24-25-26-27-28-30(6-2)34-32-31(33)29(3)4/h29-33H,5-28H2,1-4H3. The number of nitrogens with one attached hydrogen (secondary N) is 1. The van der Waals surface area contributed by atoms with Gasteiger partial charge in [-0.1, -0.05) is 169 Å². The minimum Gasteiger partial charge on any atom is -0.376 e. The molecule has 2 atom stereocenters. The molecule has 0 heterocycles. The smallest absolute Gasteiger partial charge is 0.129 e. The fourth-order valence-electron chi connectivity index (χ4n) is 4.63. The lowest BCUT2D eigenvalue weighted by atomic mass is 10.0. The van der Waals surface area contributed by atoms with Gasteiger partial charge < -0.3 is 5.11 Å². The highest BCUT2D eigenvalue weighted by Crippen LogP contribution is 2.16. The van der Waals surface area contributed by atoms with Crippen LogP contribution in [0.15, 0.2) is 0 Å². The molecule has 34 heavy (non-hydrogen) atoms. The lowest BCUT2D eigenvalue weighted by Gasteiger charge is -2.21. The van der Waals surface area contributed by atoms with Crippen molar-refractivity contribution in [1.29, 1.82) is 0 Å². The first kappa shape index (κ1) is 33.9. The predicted molar refractivity (Wildman–Crippen MR) is 151 cm³/mol. The fraction of sp³-hybridized carbons (Fsp3) is 1.00. The van der Waals surface area contributed by atoms with E-state index in [1.165, 1.54) is 141 Å². The molecule has 3 nitrogen and oxygen atoms in total. The summed E-state index contributed by atoms with van der Waals surface area (Å²) in [7, 11) is 0. The molecule has 0 aromatic carbocycles. The first-order valence-corrected chi connectivity index (χ1v) is 15.7. The van der Waals surface area contributed by atoms with Gasteiger partial charge in [-0.3, -0.25) is 4.84 Å². The number of aliphatic hydroxyl groups is 1. The summed E-state index contributed by atoms with van der Waals surface area (Å²) in [5.41, 5.74) is 2.80. The number of aliphatic hydroxyl groups excluding tert-OH is 1. The van der Waals surface area contributed by atoms with Crippen LogP contribution in [0.25, 0.3) is 0 Å². The van der Waals surface area contributed by atoms with Gasteiger partial charge in [0.25, 0.3) is 0 Å². The summed E-state index contributed by atoms with van der Waals surface area (Å²) in [4.78, 5) is 5.66. The lowest BCUT2D eigenvalue weighted by Crippen LogP contribution is -2.36. The molecule has 0 rings (SSSR count). The molecule has 0 bridgehead atoms. The van der Waals surface area contributed by atoms with Gasteiger partial charge in [-0.15, -0.1) is 0 Å². The number of hydrogen-bond acceptors (Lipinski definition) is 3. The molecule has 0 amide bonds. The zero-order chi connectivity index (χ0) is 25.1. The Hall–Kier alpha value is -0.120. The molecule has 0 aromatic rings. The maximum Gasteiger partial charge on any atom is 0.129 e. The summed E-state index contributed by atoms with van der Waals surface area (Å²) < 4.78 is 0. The fourth-order valence-corrected chi connectivity index (χ4v) is 4.63. The van der Waals surface area contributed by atoms with Crippen molar-refractivity contribution in [2.45, 2.75) is 194 Å².